The van der Waals surface area contributed by atoms with Crippen molar-refractivity contribution in [2.45, 2.75) is 64.5 Å². The summed E-state index contributed by atoms with van der Waals surface area (Å²) in [5.41, 5.74) is 6.78. The smallest absolute Gasteiger partial charge is 0.0607 e. The van der Waals surface area contributed by atoms with Crippen molar-refractivity contribution in [3.63, 3.8) is 0 Å². The molecule has 2 aliphatic carbocycles. The summed E-state index contributed by atoms with van der Waals surface area (Å²) in [4.78, 5) is 12.2. The van der Waals surface area contributed by atoms with Gasteiger partial charge in [-0.1, -0.05) is 38.0 Å². The minimum atomic E-state index is 0.434. The van der Waals surface area contributed by atoms with Gasteiger partial charge in [0.2, 0.25) is 0 Å². The van der Waals surface area contributed by atoms with Crippen LogP contribution in [0.3, 0.4) is 0 Å². The van der Waals surface area contributed by atoms with Crippen molar-refractivity contribution >= 4 is 6.08 Å². The maximum absolute atomic E-state index is 4.79. The van der Waals surface area contributed by atoms with Gasteiger partial charge < -0.3 is 0 Å². The van der Waals surface area contributed by atoms with E-state index in [1.807, 2.05) is 12.4 Å². The zero-order chi connectivity index (χ0) is 17.8. The molecule has 0 saturated heterocycles. The average molecular weight is 348 g/mol. The molecule has 2 aliphatic rings. The molecule has 2 heterocycles. The summed E-state index contributed by atoms with van der Waals surface area (Å²) in [6.07, 6.45) is 16.9. The first-order valence-electron chi connectivity index (χ1n) is 10.2. The average Bonchev–Trinajstić information content (AvgIpc) is 3.17. The van der Waals surface area contributed by atoms with Gasteiger partial charge in [0.15, 0.2) is 0 Å². The van der Waals surface area contributed by atoms with Crippen LogP contribution in [0.2, 0.25) is 0 Å². The maximum Gasteiger partial charge on any atom is 0.0607 e. The molecule has 1 unspecified atom stereocenters. The monoisotopic (exact) mass is 347 g/mol. The van der Waals surface area contributed by atoms with Gasteiger partial charge >= 0.3 is 0 Å². The van der Waals surface area contributed by atoms with Gasteiger partial charge in [-0.25, -0.2) is 0 Å². The molecule has 1 atom stereocenters. The number of hydrogen-bond acceptors (Lipinski definition) is 3. The highest BCUT2D eigenvalue weighted by Crippen LogP contribution is 2.34. The number of nitrogens with zero attached hydrogens (tertiary/aromatic N) is 3. The minimum absolute atomic E-state index is 0.434. The third-order valence-electron chi connectivity index (χ3n) is 5.81. The van der Waals surface area contributed by atoms with Crippen LogP contribution in [0.4, 0.5) is 0 Å². The number of aryl methyl sites for hydroxylation is 1. The predicted octanol–water partition coefficient (Wildman–Crippen LogP) is 5.12. The first-order valence-corrected chi connectivity index (χ1v) is 10.2. The highest BCUT2D eigenvalue weighted by atomic mass is 15.2. The molecule has 2 aromatic rings. The SMILES string of the molecule is CCCCCN(Cc1nccc2c1CC=C2)C1CCCc2cccnc21. The molecular weight excluding hydrogens is 318 g/mol. The first-order chi connectivity index (χ1) is 12.9. The van der Waals surface area contributed by atoms with Gasteiger partial charge in [0.1, 0.15) is 0 Å². The van der Waals surface area contributed by atoms with Crippen LogP contribution in [0.1, 0.15) is 73.1 Å². The molecule has 0 bridgehead atoms. The molecule has 0 N–H and O–H groups in total. The fraction of sp³-hybridized carbons (Fsp3) is 0.478. The molecule has 0 aliphatic heterocycles. The summed E-state index contributed by atoms with van der Waals surface area (Å²) in [5.74, 6) is 0. The molecule has 0 amide bonds. The standard InChI is InChI=1S/C23H29N3/c1-2-3-4-16-26(17-21-20-11-5-8-18(20)13-15-24-21)22-12-6-9-19-10-7-14-25-23(19)22/h5,7-8,10,13-15,22H,2-4,6,9,11-12,16-17H2,1H3. The van der Waals surface area contributed by atoms with E-state index in [1.54, 1.807) is 0 Å². The summed E-state index contributed by atoms with van der Waals surface area (Å²) >= 11 is 0. The fourth-order valence-corrected chi connectivity index (χ4v) is 4.43. The Morgan fingerprint density at radius 3 is 3.04 bits per heavy atom. The largest absolute Gasteiger partial charge is 0.289 e. The van der Waals surface area contributed by atoms with E-state index in [0.29, 0.717) is 6.04 Å². The Morgan fingerprint density at radius 2 is 2.12 bits per heavy atom. The van der Waals surface area contributed by atoms with Gasteiger partial charge in [0.25, 0.3) is 0 Å². The van der Waals surface area contributed by atoms with E-state index in [-0.39, 0.29) is 0 Å². The van der Waals surface area contributed by atoms with Crippen LogP contribution in [0.15, 0.2) is 36.7 Å². The Labute approximate surface area is 157 Å². The maximum atomic E-state index is 4.79. The number of allylic oxidation sites excluding steroid dienone is 1. The third-order valence-corrected chi connectivity index (χ3v) is 5.81. The van der Waals surface area contributed by atoms with Crippen molar-refractivity contribution in [3.05, 3.63) is 64.7 Å². The molecule has 136 valence electrons. The second-order valence-electron chi connectivity index (χ2n) is 7.57. The van der Waals surface area contributed by atoms with Gasteiger partial charge in [-0.05, 0) is 67.5 Å². The Kier molecular flexibility index (Phi) is 5.45. The number of unbranched alkanes of at least 4 members (excludes halogenated alkanes) is 2. The Morgan fingerprint density at radius 1 is 1.15 bits per heavy atom. The number of fused-ring (bicyclic) bond motifs is 2. The molecule has 26 heavy (non-hydrogen) atoms. The van der Waals surface area contributed by atoms with Crippen LogP contribution in [-0.4, -0.2) is 21.4 Å². The minimum Gasteiger partial charge on any atom is -0.289 e. The van der Waals surface area contributed by atoms with Crippen LogP contribution in [0.25, 0.3) is 6.08 Å². The van der Waals surface area contributed by atoms with E-state index in [4.69, 9.17) is 9.97 Å². The molecule has 4 rings (SSSR count). The zero-order valence-electron chi connectivity index (χ0n) is 15.8. The van der Waals surface area contributed by atoms with Crippen LogP contribution in [0.5, 0.6) is 0 Å². The summed E-state index contributed by atoms with van der Waals surface area (Å²) in [5, 5.41) is 0. The van der Waals surface area contributed by atoms with Gasteiger partial charge in [-0.3, -0.25) is 14.9 Å². The summed E-state index contributed by atoms with van der Waals surface area (Å²) < 4.78 is 0. The van der Waals surface area contributed by atoms with Crippen molar-refractivity contribution in [1.29, 1.82) is 0 Å². The van der Waals surface area contributed by atoms with Crippen LogP contribution < -0.4 is 0 Å². The molecule has 3 nitrogen and oxygen atoms in total. The lowest BCUT2D eigenvalue weighted by Crippen LogP contribution is -2.33. The second kappa shape index (κ2) is 8.13. The highest BCUT2D eigenvalue weighted by molar-refractivity contribution is 5.60. The van der Waals surface area contributed by atoms with E-state index in [9.17, 15) is 0 Å². The zero-order valence-corrected chi connectivity index (χ0v) is 15.8. The van der Waals surface area contributed by atoms with Crippen molar-refractivity contribution < 1.29 is 0 Å². The summed E-state index contributed by atoms with van der Waals surface area (Å²) in [6, 6.07) is 6.92. The second-order valence-corrected chi connectivity index (χ2v) is 7.57. The van der Waals surface area contributed by atoms with Crippen molar-refractivity contribution in [2.24, 2.45) is 0 Å². The van der Waals surface area contributed by atoms with E-state index in [0.717, 1.165) is 19.5 Å². The van der Waals surface area contributed by atoms with Crippen molar-refractivity contribution in [2.75, 3.05) is 6.54 Å². The molecule has 0 saturated carbocycles. The lowest BCUT2D eigenvalue weighted by molar-refractivity contribution is 0.160. The van der Waals surface area contributed by atoms with E-state index in [1.165, 1.54) is 66.6 Å². The Hall–Kier alpha value is -2.00. The molecule has 0 radical (unpaired) electrons. The van der Waals surface area contributed by atoms with Crippen LogP contribution in [0, 0.1) is 0 Å². The quantitative estimate of drug-likeness (QED) is 0.651. The molecule has 0 spiro atoms. The number of pyridine rings is 2. The van der Waals surface area contributed by atoms with E-state index in [2.05, 4.69) is 42.2 Å². The Balaban J connectivity index is 1.60. The molecule has 3 heteroatoms. The molecule has 0 fully saturated rings. The van der Waals surface area contributed by atoms with E-state index < -0.39 is 0 Å². The molecule has 2 aromatic heterocycles. The van der Waals surface area contributed by atoms with Crippen LogP contribution >= 0.6 is 0 Å². The number of rotatable bonds is 7. The van der Waals surface area contributed by atoms with Gasteiger partial charge in [0, 0.05) is 18.9 Å². The van der Waals surface area contributed by atoms with Gasteiger partial charge in [0.05, 0.1) is 17.4 Å². The van der Waals surface area contributed by atoms with Crippen LogP contribution in [-0.2, 0) is 19.4 Å². The topological polar surface area (TPSA) is 29.0 Å². The van der Waals surface area contributed by atoms with Crippen molar-refractivity contribution in [1.82, 2.24) is 14.9 Å². The lowest BCUT2D eigenvalue weighted by atomic mass is 9.90. The Bertz CT molecular complexity index is 781. The molecular formula is C23H29N3. The number of hydrogen-bond donors (Lipinski definition) is 0. The summed E-state index contributed by atoms with van der Waals surface area (Å²) in [6.45, 7) is 4.35. The van der Waals surface area contributed by atoms with Gasteiger partial charge in [-0.2, -0.15) is 0 Å². The van der Waals surface area contributed by atoms with E-state index >= 15 is 0 Å². The van der Waals surface area contributed by atoms with Gasteiger partial charge in [-0.15, -0.1) is 0 Å². The lowest BCUT2D eigenvalue weighted by Gasteiger charge is -2.35. The predicted molar refractivity (Wildman–Crippen MR) is 107 cm³/mol. The third kappa shape index (κ3) is 3.59. The number of aromatic nitrogens is 2. The highest BCUT2D eigenvalue weighted by Gasteiger charge is 2.28. The summed E-state index contributed by atoms with van der Waals surface area (Å²) in [7, 11) is 0. The fourth-order valence-electron chi connectivity index (χ4n) is 4.43. The first kappa shape index (κ1) is 17.4. The normalized spacial score (nSPS) is 18.2. The van der Waals surface area contributed by atoms with Crippen molar-refractivity contribution in [3.8, 4) is 0 Å². The molecule has 0 aromatic carbocycles.